The molecule has 1 heterocycles. The smallest absolute Gasteiger partial charge is 0.159 e. The maximum Gasteiger partial charge on any atom is 0.159 e. The third-order valence-corrected chi connectivity index (χ3v) is 12.2. The lowest BCUT2D eigenvalue weighted by Crippen LogP contribution is -2.21. The molecule has 258 valence electrons. The number of furan rings is 1. The van der Waals surface area contributed by atoms with E-state index in [2.05, 4.69) is 183 Å². The van der Waals surface area contributed by atoms with Gasteiger partial charge in [-0.1, -0.05) is 147 Å². The van der Waals surface area contributed by atoms with Crippen LogP contribution in [-0.2, 0) is 5.41 Å². The minimum Gasteiger partial charge on any atom is -0.454 e. The van der Waals surface area contributed by atoms with Crippen LogP contribution in [0, 0.1) is 0 Å². The van der Waals surface area contributed by atoms with Crippen LogP contribution in [0.25, 0.3) is 44.2 Å². The molecular weight excluding hydrogens is 643 g/mol. The number of hydrogen-bond acceptors (Lipinski definition) is 2. The number of anilines is 3. The first-order chi connectivity index (χ1) is 26.1. The highest BCUT2D eigenvalue weighted by Gasteiger charge is 2.41. The van der Waals surface area contributed by atoms with Gasteiger partial charge in [0.15, 0.2) is 5.58 Å². The summed E-state index contributed by atoms with van der Waals surface area (Å²) < 4.78 is 7.37. The van der Waals surface area contributed by atoms with Gasteiger partial charge >= 0.3 is 0 Å². The first kappa shape index (κ1) is 31.8. The highest BCUT2D eigenvalue weighted by atomic mass is 16.3. The van der Waals surface area contributed by atoms with E-state index in [1.165, 1.54) is 81.0 Å². The number of rotatable bonds is 6. The molecule has 0 amide bonds. The van der Waals surface area contributed by atoms with Crippen molar-refractivity contribution >= 4 is 39.0 Å². The summed E-state index contributed by atoms with van der Waals surface area (Å²) in [6.07, 6.45) is 4.75. The van der Waals surface area contributed by atoms with Gasteiger partial charge in [-0.3, -0.25) is 0 Å². The van der Waals surface area contributed by atoms with E-state index in [9.17, 15) is 0 Å². The maximum absolute atomic E-state index is 7.37. The normalized spacial score (nSPS) is 17.5. The molecule has 7 aromatic carbocycles. The zero-order chi connectivity index (χ0) is 35.5. The molecule has 1 saturated carbocycles. The molecule has 2 heteroatoms. The van der Waals surface area contributed by atoms with Crippen molar-refractivity contribution in [3.63, 3.8) is 0 Å². The van der Waals surface area contributed by atoms with Gasteiger partial charge in [-0.2, -0.15) is 0 Å². The minimum absolute atomic E-state index is 0.246. The molecule has 0 bridgehead atoms. The van der Waals surface area contributed by atoms with E-state index < -0.39 is 0 Å². The monoisotopic (exact) mass is 685 g/mol. The number of benzene rings is 7. The van der Waals surface area contributed by atoms with Crippen LogP contribution in [0.15, 0.2) is 168 Å². The molecule has 2 aliphatic carbocycles. The van der Waals surface area contributed by atoms with Crippen molar-refractivity contribution in [3.05, 3.63) is 186 Å². The standard InChI is InChI=1S/C51H43NO/c1-51(2)46-24-13-12-21-42(46)44-33-45-43-23-14-22-41(38-27-25-36(26-28-38)34-15-6-3-7-16-34)49(43)53-50(45)48(47(44)51)52(39-19-10-5-11-20-39)40-31-29-37(30-32-40)35-17-8-4-9-18-35/h3-24,29-33,36,38H,25-28H2,1-2H3. The van der Waals surface area contributed by atoms with Gasteiger partial charge in [0.2, 0.25) is 0 Å². The van der Waals surface area contributed by atoms with Gasteiger partial charge < -0.3 is 9.32 Å². The van der Waals surface area contributed by atoms with E-state index in [0.717, 1.165) is 28.2 Å². The fraction of sp³-hybridized carbons (Fsp3) is 0.176. The number of nitrogens with zero attached hydrogens (tertiary/aromatic N) is 1. The topological polar surface area (TPSA) is 16.4 Å². The largest absolute Gasteiger partial charge is 0.454 e. The molecular formula is C51H43NO. The molecule has 53 heavy (non-hydrogen) atoms. The van der Waals surface area contributed by atoms with Gasteiger partial charge in [0.25, 0.3) is 0 Å². The van der Waals surface area contributed by atoms with E-state index >= 15 is 0 Å². The van der Waals surface area contributed by atoms with Crippen LogP contribution in [0.4, 0.5) is 17.1 Å². The van der Waals surface area contributed by atoms with Crippen LogP contribution >= 0.6 is 0 Å². The SMILES string of the molecule is CC1(C)c2ccccc2-c2cc3c(oc4c(C5CCC(c6ccccc6)CC5)cccc43)c(N(c3ccccc3)c3ccc(-c4ccccc4)cc3)c21. The molecule has 0 saturated heterocycles. The first-order valence-corrected chi connectivity index (χ1v) is 19.2. The van der Waals surface area contributed by atoms with Crippen LogP contribution in [0.5, 0.6) is 0 Å². The molecule has 2 aliphatic rings. The highest BCUT2D eigenvalue weighted by molar-refractivity contribution is 6.15. The third-order valence-electron chi connectivity index (χ3n) is 12.2. The first-order valence-electron chi connectivity index (χ1n) is 19.2. The van der Waals surface area contributed by atoms with Crippen LogP contribution in [0.3, 0.4) is 0 Å². The van der Waals surface area contributed by atoms with Gasteiger partial charge in [0.05, 0.1) is 5.69 Å². The second-order valence-electron chi connectivity index (χ2n) is 15.6. The summed E-state index contributed by atoms with van der Waals surface area (Å²) in [5.74, 6) is 1.11. The zero-order valence-corrected chi connectivity index (χ0v) is 30.4. The zero-order valence-electron chi connectivity index (χ0n) is 30.4. The van der Waals surface area contributed by atoms with Gasteiger partial charge in [-0.15, -0.1) is 0 Å². The Labute approximate surface area is 312 Å². The fourth-order valence-corrected chi connectivity index (χ4v) is 9.60. The Morgan fingerprint density at radius 2 is 1.11 bits per heavy atom. The van der Waals surface area contributed by atoms with E-state index in [4.69, 9.17) is 4.42 Å². The van der Waals surface area contributed by atoms with Crippen molar-refractivity contribution in [2.75, 3.05) is 4.90 Å². The fourth-order valence-electron chi connectivity index (χ4n) is 9.60. The van der Waals surface area contributed by atoms with Gasteiger partial charge in [-0.25, -0.2) is 0 Å². The lowest BCUT2D eigenvalue weighted by Gasteiger charge is -2.32. The highest BCUT2D eigenvalue weighted by Crippen LogP contribution is 2.58. The van der Waals surface area contributed by atoms with E-state index in [1.807, 2.05) is 0 Å². The summed E-state index contributed by atoms with van der Waals surface area (Å²) in [4.78, 5) is 2.46. The molecule has 0 radical (unpaired) electrons. The maximum atomic E-state index is 7.37. The number of para-hydroxylation sites is 2. The Morgan fingerprint density at radius 1 is 0.509 bits per heavy atom. The van der Waals surface area contributed by atoms with Crippen LogP contribution in [0.2, 0.25) is 0 Å². The summed E-state index contributed by atoms with van der Waals surface area (Å²) in [6, 6.07) is 59.9. The third kappa shape index (κ3) is 5.23. The summed E-state index contributed by atoms with van der Waals surface area (Å²) >= 11 is 0. The Hall–Kier alpha value is -5.86. The molecule has 0 spiro atoms. The minimum atomic E-state index is -0.246. The summed E-state index contributed by atoms with van der Waals surface area (Å²) in [6.45, 7) is 4.77. The van der Waals surface area contributed by atoms with Crippen molar-refractivity contribution in [3.8, 4) is 22.3 Å². The molecule has 10 rings (SSSR count). The van der Waals surface area contributed by atoms with E-state index in [0.29, 0.717) is 11.8 Å². The Bertz CT molecular complexity index is 2570. The van der Waals surface area contributed by atoms with Gasteiger partial charge in [0, 0.05) is 27.6 Å². The van der Waals surface area contributed by atoms with Crippen LogP contribution in [-0.4, -0.2) is 0 Å². The Kier molecular flexibility index (Phi) is 7.61. The predicted octanol–water partition coefficient (Wildman–Crippen LogP) is 14.5. The van der Waals surface area contributed by atoms with Crippen molar-refractivity contribution in [1.29, 1.82) is 0 Å². The average Bonchev–Trinajstić information content (AvgIpc) is 3.71. The molecule has 0 unspecified atom stereocenters. The summed E-state index contributed by atoms with van der Waals surface area (Å²) in [5.41, 5.74) is 15.6. The molecule has 0 aliphatic heterocycles. The number of fused-ring (bicyclic) bond motifs is 6. The molecule has 0 atom stereocenters. The number of hydrogen-bond donors (Lipinski definition) is 0. The molecule has 1 aromatic heterocycles. The molecule has 2 nitrogen and oxygen atoms in total. The van der Waals surface area contributed by atoms with Crippen molar-refractivity contribution < 1.29 is 4.42 Å². The lowest BCUT2D eigenvalue weighted by molar-refractivity contribution is 0.396. The van der Waals surface area contributed by atoms with Crippen LogP contribution < -0.4 is 4.90 Å². The Morgan fingerprint density at radius 3 is 1.85 bits per heavy atom. The summed E-state index contributed by atoms with van der Waals surface area (Å²) in [5, 5.41) is 2.39. The average molecular weight is 686 g/mol. The second kappa shape index (κ2) is 12.7. The van der Waals surface area contributed by atoms with Crippen molar-refractivity contribution in [2.24, 2.45) is 0 Å². The van der Waals surface area contributed by atoms with Gasteiger partial charge in [-0.05, 0) is 112 Å². The lowest BCUT2D eigenvalue weighted by atomic mass is 9.76. The van der Waals surface area contributed by atoms with Crippen LogP contribution in [0.1, 0.15) is 73.6 Å². The van der Waals surface area contributed by atoms with Crippen molar-refractivity contribution in [1.82, 2.24) is 0 Å². The van der Waals surface area contributed by atoms with E-state index in [1.54, 1.807) is 0 Å². The molecule has 8 aromatic rings. The molecule has 1 fully saturated rings. The quantitative estimate of drug-likeness (QED) is 0.173. The van der Waals surface area contributed by atoms with E-state index in [-0.39, 0.29) is 5.41 Å². The predicted molar refractivity (Wildman–Crippen MR) is 222 cm³/mol. The van der Waals surface area contributed by atoms with Gasteiger partial charge in [0.1, 0.15) is 5.58 Å². The second-order valence-corrected chi connectivity index (χ2v) is 15.6. The van der Waals surface area contributed by atoms with Crippen molar-refractivity contribution in [2.45, 2.75) is 56.8 Å². The summed E-state index contributed by atoms with van der Waals surface area (Å²) in [7, 11) is 0. The Balaban J connectivity index is 1.19. The molecule has 0 N–H and O–H groups in total.